The number of likely N-dealkylation sites (N-methyl/N-ethyl adjacent to an activating group) is 1. The number of aryl methyl sites for hydroxylation is 3. The van der Waals surface area contributed by atoms with Gasteiger partial charge in [0.1, 0.15) is 5.75 Å². The van der Waals surface area contributed by atoms with Gasteiger partial charge in [-0.05, 0) is 92.8 Å². The maximum absolute atomic E-state index is 5.23. The van der Waals surface area contributed by atoms with E-state index in [1.165, 1.54) is 89.5 Å². The van der Waals surface area contributed by atoms with Crippen molar-refractivity contribution in [3.63, 3.8) is 0 Å². The van der Waals surface area contributed by atoms with Gasteiger partial charge in [-0.15, -0.1) is 9.24 Å². The van der Waals surface area contributed by atoms with Crippen LogP contribution < -0.4 is 26.0 Å². The summed E-state index contributed by atoms with van der Waals surface area (Å²) < 4.78 is 5.23. The Balaban J connectivity index is 0.000000503. The molecular formula is C41H55Ar2FeNOP2. The molecule has 1 N–H and O–H groups in total. The predicted octanol–water partition coefficient (Wildman–Crippen LogP) is 9.36. The van der Waals surface area contributed by atoms with Crippen molar-refractivity contribution in [3.05, 3.63) is 119 Å². The van der Waals surface area contributed by atoms with Crippen LogP contribution in [0.4, 0.5) is 0 Å². The third-order valence-electron chi connectivity index (χ3n) is 9.33. The fourth-order valence-corrected chi connectivity index (χ4v) is 11.1. The number of benzene rings is 4. The summed E-state index contributed by atoms with van der Waals surface area (Å²) in [5, 5.41) is 7.90. The van der Waals surface area contributed by atoms with Gasteiger partial charge in [0.25, 0.3) is 0 Å². The summed E-state index contributed by atoms with van der Waals surface area (Å²) >= 11 is 0. The van der Waals surface area contributed by atoms with E-state index in [2.05, 4.69) is 139 Å². The molecule has 2 aliphatic carbocycles. The van der Waals surface area contributed by atoms with Crippen molar-refractivity contribution in [2.24, 2.45) is 5.92 Å². The van der Waals surface area contributed by atoms with Crippen molar-refractivity contribution in [2.45, 2.75) is 83.7 Å². The van der Waals surface area contributed by atoms with E-state index in [0.717, 1.165) is 18.0 Å². The molecular weight excluding hydrogens is 720 g/mol. The Hall–Kier alpha value is 0.539. The van der Waals surface area contributed by atoms with E-state index in [1.807, 2.05) is 0 Å². The molecule has 264 valence electrons. The SMILES string of the molecule is C1CCCC1.CNC[C@@H](c1ccccc1P)C1CCCC1P(c1ccccc1)c1ccccc1.COc1c(C)cc(C)cc1C.[Ar].[Ar].[Fe]. The van der Waals surface area contributed by atoms with Gasteiger partial charge in [0, 0.05) is 105 Å². The summed E-state index contributed by atoms with van der Waals surface area (Å²) in [6, 6.07) is 35.7. The van der Waals surface area contributed by atoms with Crippen LogP contribution in [0.3, 0.4) is 0 Å². The molecule has 0 radical (unpaired) electrons. The molecule has 0 saturated heterocycles. The second-order valence-corrected chi connectivity index (χ2v) is 15.8. The van der Waals surface area contributed by atoms with Crippen LogP contribution in [0.5, 0.6) is 5.75 Å². The fourth-order valence-electron chi connectivity index (χ4n) is 7.40. The molecule has 0 amide bonds. The number of hydrogen-bond donors (Lipinski definition) is 1. The molecule has 0 aliphatic heterocycles. The third kappa shape index (κ3) is 13.8. The van der Waals surface area contributed by atoms with E-state index in [4.69, 9.17) is 4.74 Å². The number of hydrogen-bond acceptors (Lipinski definition) is 2. The summed E-state index contributed by atoms with van der Waals surface area (Å²) in [6.07, 6.45) is 11.5. The normalized spacial score (nSPS) is 16.9. The zero-order valence-electron chi connectivity index (χ0n) is 29.3. The Labute approximate surface area is 366 Å². The van der Waals surface area contributed by atoms with Crippen LogP contribution in [0.2, 0.25) is 0 Å². The molecule has 3 unspecified atom stereocenters. The molecule has 2 saturated carbocycles. The summed E-state index contributed by atoms with van der Waals surface area (Å²) in [6.45, 7) is 7.27. The average Bonchev–Trinajstić information content (AvgIpc) is 3.78. The number of ether oxygens (including phenoxy) is 1. The van der Waals surface area contributed by atoms with Crippen molar-refractivity contribution >= 4 is 33.1 Å². The first kappa shape index (κ1) is 46.6. The van der Waals surface area contributed by atoms with Gasteiger partial charge < -0.3 is 10.1 Å². The van der Waals surface area contributed by atoms with Crippen LogP contribution >= 0.6 is 17.2 Å². The predicted molar refractivity (Wildman–Crippen MR) is 203 cm³/mol. The summed E-state index contributed by atoms with van der Waals surface area (Å²) in [4.78, 5) is 0. The summed E-state index contributed by atoms with van der Waals surface area (Å²) in [7, 11) is 6.41. The van der Waals surface area contributed by atoms with E-state index in [-0.39, 0.29) is 100 Å². The molecule has 0 bridgehead atoms. The van der Waals surface area contributed by atoms with Crippen molar-refractivity contribution < 1.29 is 97.3 Å². The third-order valence-corrected chi connectivity index (χ3v) is 12.9. The first-order valence-electron chi connectivity index (χ1n) is 16.9. The van der Waals surface area contributed by atoms with Gasteiger partial charge in [-0.3, -0.25) is 0 Å². The Bertz CT molecular complexity index is 1370. The van der Waals surface area contributed by atoms with Crippen molar-refractivity contribution in [3.8, 4) is 5.75 Å². The van der Waals surface area contributed by atoms with Crippen LogP contribution in [0, 0.1) is 102 Å². The van der Waals surface area contributed by atoms with Gasteiger partial charge >= 0.3 is 0 Å². The smallest absolute Gasteiger partial charge is 0.124 e. The van der Waals surface area contributed by atoms with E-state index in [9.17, 15) is 0 Å². The van der Waals surface area contributed by atoms with Crippen LogP contribution in [-0.4, -0.2) is 26.4 Å². The molecule has 2 aliphatic rings. The second kappa shape index (κ2) is 25.5. The topological polar surface area (TPSA) is 21.3 Å². The van der Waals surface area contributed by atoms with Gasteiger partial charge in [0.05, 0.1) is 7.11 Å². The summed E-state index contributed by atoms with van der Waals surface area (Å²) in [5.41, 5.74) is 5.94. The Morgan fingerprint density at radius 3 is 1.67 bits per heavy atom. The quantitative estimate of drug-likeness (QED) is 0.142. The summed E-state index contributed by atoms with van der Waals surface area (Å²) in [5.74, 6) is 2.27. The zero-order chi connectivity index (χ0) is 32.0. The van der Waals surface area contributed by atoms with E-state index in [0.29, 0.717) is 11.8 Å². The molecule has 0 heterocycles. The van der Waals surface area contributed by atoms with Crippen molar-refractivity contribution in [1.29, 1.82) is 0 Å². The van der Waals surface area contributed by atoms with E-state index in [1.54, 1.807) is 7.11 Å². The number of methoxy groups -OCH3 is 1. The minimum atomic E-state index is -0.369. The Kier molecular flexibility index (Phi) is 24.7. The van der Waals surface area contributed by atoms with Gasteiger partial charge in [-0.1, -0.05) is 141 Å². The molecule has 2 fully saturated rings. The molecule has 4 aromatic carbocycles. The van der Waals surface area contributed by atoms with Crippen LogP contribution in [0.1, 0.15) is 79.5 Å². The molecule has 48 heavy (non-hydrogen) atoms. The standard InChI is InChI=1S/C26H31NP2.C10H14O.C5H10.2Ar.Fe/c1-27-19-24(22-15-8-9-17-25(22)28)23-16-10-18-26(23)29(20-11-4-2-5-12-20)21-13-6-3-7-14-21;1-7-5-8(2)10(11-4)9(3)6-7;1-2-4-5-3-1;;;/h2-9,11-15,17,23-24,26-27H,10,16,18-19,28H2,1H3;5-6H,1-4H3;1-5H2;;;/t23?,24-,26?;;;;;/m0...../s1. The molecule has 4 atom stereocenters. The van der Waals surface area contributed by atoms with Gasteiger partial charge in [-0.2, -0.15) is 0 Å². The van der Waals surface area contributed by atoms with Crippen LogP contribution in [0.15, 0.2) is 97.1 Å². The van der Waals surface area contributed by atoms with Crippen LogP contribution in [-0.2, 0) is 17.1 Å². The molecule has 0 spiro atoms. The molecule has 6 rings (SSSR count). The maximum Gasteiger partial charge on any atom is 0.124 e. The van der Waals surface area contributed by atoms with Crippen molar-refractivity contribution in [2.75, 3.05) is 20.7 Å². The zero-order valence-corrected chi connectivity index (χ0v) is 33.9. The molecule has 4 aromatic rings. The Morgan fingerprint density at radius 1 is 0.729 bits per heavy atom. The number of rotatable bonds is 8. The molecule has 0 aromatic heterocycles. The fraction of sp³-hybridized carbons (Fsp3) is 0.415. The minimum absolute atomic E-state index is 0. The first-order valence-corrected chi connectivity index (χ1v) is 18.9. The van der Waals surface area contributed by atoms with Gasteiger partial charge in [-0.25, -0.2) is 0 Å². The molecule has 2 nitrogen and oxygen atoms in total. The van der Waals surface area contributed by atoms with E-state index >= 15 is 0 Å². The minimum Gasteiger partial charge on any atom is -0.496 e. The maximum atomic E-state index is 5.23. The van der Waals surface area contributed by atoms with E-state index < -0.39 is 0 Å². The monoisotopic (exact) mass is 775 g/mol. The number of nitrogens with one attached hydrogen (secondary N) is 1. The van der Waals surface area contributed by atoms with Gasteiger partial charge in [0.15, 0.2) is 0 Å². The Morgan fingerprint density at radius 2 is 1.21 bits per heavy atom. The largest absolute Gasteiger partial charge is 0.496 e. The van der Waals surface area contributed by atoms with Crippen LogP contribution in [0.25, 0.3) is 0 Å². The second-order valence-electron chi connectivity index (χ2n) is 12.7. The molecule has 7 heteroatoms. The van der Waals surface area contributed by atoms with Crippen molar-refractivity contribution in [1.82, 2.24) is 5.32 Å². The first-order chi connectivity index (χ1) is 21.9. The van der Waals surface area contributed by atoms with Gasteiger partial charge in [0.2, 0.25) is 0 Å². The average molecular weight is 776 g/mol.